The smallest absolute Gasteiger partial charge is 0.126 e. The first kappa shape index (κ1) is 12.2. The Morgan fingerprint density at radius 3 is 2.76 bits per heavy atom. The molecule has 17 heavy (non-hydrogen) atoms. The molecule has 0 saturated heterocycles. The maximum Gasteiger partial charge on any atom is 0.126 e. The summed E-state index contributed by atoms with van der Waals surface area (Å²) in [5, 5.41) is 3.02. The Balaban J connectivity index is 2.03. The maximum atomic E-state index is 13.5. The van der Waals surface area contributed by atoms with Crippen LogP contribution in [-0.2, 0) is 12.8 Å². The Bertz CT molecular complexity index is 456. The van der Waals surface area contributed by atoms with Gasteiger partial charge in [-0.1, -0.05) is 18.2 Å². The van der Waals surface area contributed by atoms with Gasteiger partial charge in [-0.2, -0.15) is 0 Å². The van der Waals surface area contributed by atoms with Gasteiger partial charge in [-0.05, 0) is 30.5 Å². The Morgan fingerprint density at radius 1 is 1.29 bits per heavy atom. The summed E-state index contributed by atoms with van der Waals surface area (Å²) in [6, 6.07) is 6.87. The molecule has 90 valence electrons. The third-order valence-electron chi connectivity index (χ3n) is 2.75. The molecule has 2 aromatic rings. The molecule has 0 aliphatic heterocycles. The van der Waals surface area contributed by atoms with Gasteiger partial charge in [-0.3, -0.25) is 0 Å². The predicted octanol–water partition coefficient (Wildman–Crippen LogP) is 2.64. The van der Waals surface area contributed by atoms with Crippen LogP contribution in [-0.4, -0.2) is 11.5 Å². The summed E-state index contributed by atoms with van der Waals surface area (Å²) in [6.07, 6.45) is 3.28. The zero-order chi connectivity index (χ0) is 12.1. The van der Waals surface area contributed by atoms with Crippen molar-refractivity contribution in [3.05, 3.63) is 52.2 Å². The molecule has 1 unspecified atom stereocenters. The summed E-state index contributed by atoms with van der Waals surface area (Å²) in [7, 11) is 0. The number of rotatable bonds is 5. The summed E-state index contributed by atoms with van der Waals surface area (Å²) in [5.74, 6) is 0.100. The minimum Gasteiger partial charge on any atom is -0.330 e. The number of hydrogen-bond acceptors (Lipinski definition) is 3. The normalized spacial score (nSPS) is 12.6. The van der Waals surface area contributed by atoms with Crippen LogP contribution < -0.4 is 5.73 Å². The fraction of sp³-hybridized carbons (Fsp3) is 0.308. The van der Waals surface area contributed by atoms with Crippen LogP contribution >= 0.6 is 11.3 Å². The Morgan fingerprint density at radius 2 is 2.12 bits per heavy atom. The molecule has 0 amide bonds. The molecule has 0 saturated carbocycles. The van der Waals surface area contributed by atoms with Crippen molar-refractivity contribution in [2.75, 3.05) is 6.54 Å². The molecule has 1 atom stereocenters. The SMILES string of the molecule is NCC(Cc1nccs1)Cc1ccccc1F. The van der Waals surface area contributed by atoms with Crippen LogP contribution in [0.3, 0.4) is 0 Å². The van der Waals surface area contributed by atoms with E-state index in [0.717, 1.165) is 17.0 Å². The number of benzene rings is 1. The van der Waals surface area contributed by atoms with Crippen molar-refractivity contribution in [2.24, 2.45) is 11.7 Å². The van der Waals surface area contributed by atoms with E-state index in [1.165, 1.54) is 6.07 Å². The van der Waals surface area contributed by atoms with Gasteiger partial charge in [0.05, 0.1) is 5.01 Å². The fourth-order valence-electron chi connectivity index (χ4n) is 1.81. The molecule has 0 aliphatic carbocycles. The lowest BCUT2D eigenvalue weighted by Crippen LogP contribution is -2.19. The molecular weight excluding hydrogens is 235 g/mol. The molecule has 2 N–H and O–H groups in total. The molecule has 2 rings (SSSR count). The van der Waals surface area contributed by atoms with Crippen molar-refractivity contribution in [3.8, 4) is 0 Å². The third-order valence-corrected chi connectivity index (χ3v) is 3.55. The van der Waals surface area contributed by atoms with Crippen molar-refractivity contribution >= 4 is 11.3 Å². The lowest BCUT2D eigenvalue weighted by molar-refractivity contribution is 0.511. The van der Waals surface area contributed by atoms with E-state index in [1.54, 1.807) is 23.6 Å². The first-order valence-electron chi connectivity index (χ1n) is 5.61. The van der Waals surface area contributed by atoms with E-state index < -0.39 is 0 Å². The minimum absolute atomic E-state index is 0.148. The third kappa shape index (κ3) is 3.35. The van der Waals surface area contributed by atoms with Crippen molar-refractivity contribution in [1.82, 2.24) is 4.98 Å². The van der Waals surface area contributed by atoms with Crippen LogP contribution in [0.1, 0.15) is 10.6 Å². The van der Waals surface area contributed by atoms with E-state index in [2.05, 4.69) is 4.98 Å². The molecule has 0 radical (unpaired) electrons. The summed E-state index contributed by atoms with van der Waals surface area (Å²) < 4.78 is 13.5. The average molecular weight is 250 g/mol. The van der Waals surface area contributed by atoms with Gasteiger partial charge >= 0.3 is 0 Å². The Kier molecular flexibility index (Phi) is 4.23. The highest BCUT2D eigenvalue weighted by molar-refractivity contribution is 7.09. The predicted molar refractivity (Wildman–Crippen MR) is 68.5 cm³/mol. The molecule has 2 nitrogen and oxygen atoms in total. The first-order valence-corrected chi connectivity index (χ1v) is 6.49. The number of halogens is 1. The standard InChI is InChI=1S/C13H15FN2S/c14-12-4-2-1-3-11(12)7-10(9-15)8-13-16-5-6-17-13/h1-6,10H,7-9,15H2. The second kappa shape index (κ2) is 5.89. The quantitative estimate of drug-likeness (QED) is 0.886. The van der Waals surface area contributed by atoms with Crippen LogP contribution in [0.25, 0.3) is 0 Å². The van der Waals surface area contributed by atoms with E-state index in [4.69, 9.17) is 5.73 Å². The minimum atomic E-state index is -0.148. The lowest BCUT2D eigenvalue weighted by Gasteiger charge is -2.13. The van der Waals surface area contributed by atoms with E-state index >= 15 is 0 Å². The largest absolute Gasteiger partial charge is 0.330 e. The van der Waals surface area contributed by atoms with Gasteiger partial charge in [0.2, 0.25) is 0 Å². The zero-order valence-electron chi connectivity index (χ0n) is 9.47. The molecule has 0 spiro atoms. The van der Waals surface area contributed by atoms with Crippen molar-refractivity contribution in [1.29, 1.82) is 0 Å². The van der Waals surface area contributed by atoms with Crippen LogP contribution in [0.5, 0.6) is 0 Å². The van der Waals surface area contributed by atoms with Crippen LogP contribution in [0.15, 0.2) is 35.8 Å². The monoisotopic (exact) mass is 250 g/mol. The zero-order valence-corrected chi connectivity index (χ0v) is 10.3. The second-order valence-corrected chi connectivity index (χ2v) is 5.01. The number of aromatic nitrogens is 1. The molecule has 1 aromatic heterocycles. The summed E-state index contributed by atoms with van der Waals surface area (Å²) in [4.78, 5) is 4.24. The Labute approximate surface area is 104 Å². The Hall–Kier alpha value is -1.26. The molecule has 0 aliphatic rings. The molecule has 1 heterocycles. The van der Waals surface area contributed by atoms with Crippen molar-refractivity contribution in [2.45, 2.75) is 12.8 Å². The highest BCUT2D eigenvalue weighted by Gasteiger charge is 2.12. The van der Waals surface area contributed by atoms with Crippen LogP contribution in [0.2, 0.25) is 0 Å². The lowest BCUT2D eigenvalue weighted by atomic mass is 9.96. The van der Waals surface area contributed by atoms with E-state index in [9.17, 15) is 4.39 Å². The van der Waals surface area contributed by atoms with Gasteiger partial charge in [0.1, 0.15) is 5.82 Å². The molecular formula is C13H15FN2S. The van der Waals surface area contributed by atoms with Gasteiger partial charge in [-0.15, -0.1) is 11.3 Å². The average Bonchev–Trinajstić information content (AvgIpc) is 2.84. The van der Waals surface area contributed by atoms with Gasteiger partial charge in [-0.25, -0.2) is 9.37 Å². The van der Waals surface area contributed by atoms with Gasteiger partial charge in [0.25, 0.3) is 0 Å². The van der Waals surface area contributed by atoms with Gasteiger partial charge in [0.15, 0.2) is 0 Å². The highest BCUT2D eigenvalue weighted by Crippen LogP contribution is 2.17. The fourth-order valence-corrected chi connectivity index (χ4v) is 2.55. The maximum absolute atomic E-state index is 13.5. The van der Waals surface area contributed by atoms with Crippen LogP contribution in [0, 0.1) is 11.7 Å². The number of nitrogens with two attached hydrogens (primary N) is 1. The molecule has 0 bridgehead atoms. The molecule has 0 fully saturated rings. The summed E-state index contributed by atoms with van der Waals surface area (Å²) in [5.41, 5.74) is 6.48. The first-order chi connectivity index (χ1) is 8.29. The van der Waals surface area contributed by atoms with Crippen molar-refractivity contribution in [3.63, 3.8) is 0 Å². The number of hydrogen-bond donors (Lipinski definition) is 1. The van der Waals surface area contributed by atoms with E-state index in [1.807, 2.05) is 17.5 Å². The summed E-state index contributed by atoms with van der Waals surface area (Å²) >= 11 is 1.62. The van der Waals surface area contributed by atoms with Crippen molar-refractivity contribution < 1.29 is 4.39 Å². The van der Waals surface area contributed by atoms with Gasteiger partial charge in [0, 0.05) is 18.0 Å². The topological polar surface area (TPSA) is 38.9 Å². The number of nitrogens with zero attached hydrogens (tertiary/aromatic N) is 1. The molecule has 1 aromatic carbocycles. The second-order valence-electron chi connectivity index (χ2n) is 4.03. The molecule has 4 heteroatoms. The number of thiazole rings is 1. The summed E-state index contributed by atoms with van der Waals surface area (Å²) in [6.45, 7) is 0.550. The van der Waals surface area contributed by atoms with E-state index in [-0.39, 0.29) is 11.7 Å². The van der Waals surface area contributed by atoms with Gasteiger partial charge < -0.3 is 5.73 Å². The van der Waals surface area contributed by atoms with Crippen LogP contribution in [0.4, 0.5) is 4.39 Å². The highest BCUT2D eigenvalue weighted by atomic mass is 32.1. The van der Waals surface area contributed by atoms with E-state index in [0.29, 0.717) is 13.0 Å².